The Hall–Kier alpha value is -2.16. The Balaban J connectivity index is 1.80. The van der Waals surface area contributed by atoms with Gasteiger partial charge in [0.1, 0.15) is 5.82 Å². The molecule has 2 aromatic heterocycles. The van der Waals surface area contributed by atoms with Gasteiger partial charge in [0.25, 0.3) is 0 Å². The molecule has 1 aromatic carbocycles. The Labute approximate surface area is 138 Å². The highest BCUT2D eigenvalue weighted by atomic mass is 15.1. The molecule has 0 fully saturated rings. The zero-order valence-electron chi connectivity index (χ0n) is 13.9. The second-order valence-electron chi connectivity index (χ2n) is 6.09. The molecule has 0 aliphatic heterocycles. The van der Waals surface area contributed by atoms with Crippen molar-refractivity contribution in [2.45, 2.75) is 52.0 Å². The van der Waals surface area contributed by atoms with E-state index in [0.29, 0.717) is 0 Å². The average Bonchev–Trinajstić information content (AvgIpc) is 2.97. The topological polar surface area (TPSA) is 30.7 Å². The van der Waals surface area contributed by atoms with E-state index >= 15 is 0 Å². The van der Waals surface area contributed by atoms with Crippen LogP contribution in [-0.4, -0.2) is 14.5 Å². The first kappa shape index (κ1) is 15.7. The van der Waals surface area contributed by atoms with E-state index in [2.05, 4.69) is 46.8 Å². The lowest BCUT2D eigenvalue weighted by Crippen LogP contribution is -2.01. The lowest BCUT2D eigenvalue weighted by Gasteiger charge is -2.09. The van der Waals surface area contributed by atoms with Crippen LogP contribution < -0.4 is 0 Å². The summed E-state index contributed by atoms with van der Waals surface area (Å²) in [4.78, 5) is 9.08. The minimum Gasteiger partial charge on any atom is -0.324 e. The SMILES string of the molecule is CCCCCCCCn1c(-c2cccnc2)nc2ccccc21. The maximum Gasteiger partial charge on any atom is 0.142 e. The van der Waals surface area contributed by atoms with Crippen molar-refractivity contribution >= 4 is 11.0 Å². The molecule has 0 spiro atoms. The first-order chi connectivity index (χ1) is 11.4. The fraction of sp³-hybridized carbons (Fsp3) is 0.400. The Morgan fingerprint density at radius 3 is 2.57 bits per heavy atom. The Morgan fingerprint density at radius 2 is 1.74 bits per heavy atom. The van der Waals surface area contributed by atoms with Gasteiger partial charge in [-0.05, 0) is 30.7 Å². The number of nitrogens with zero attached hydrogens (tertiary/aromatic N) is 3. The predicted molar refractivity (Wildman–Crippen MR) is 96.3 cm³/mol. The lowest BCUT2D eigenvalue weighted by molar-refractivity contribution is 0.566. The maximum atomic E-state index is 4.83. The van der Waals surface area contributed by atoms with E-state index in [9.17, 15) is 0 Å². The van der Waals surface area contributed by atoms with Crippen LogP contribution >= 0.6 is 0 Å². The van der Waals surface area contributed by atoms with Gasteiger partial charge in [0.2, 0.25) is 0 Å². The highest BCUT2D eigenvalue weighted by Crippen LogP contribution is 2.25. The standard InChI is InChI=1S/C20H25N3/c1-2-3-4-5-6-9-15-23-19-13-8-7-12-18(19)22-20(23)17-11-10-14-21-16-17/h7-8,10-14,16H,2-6,9,15H2,1H3. The summed E-state index contributed by atoms with van der Waals surface area (Å²) in [6.45, 7) is 3.29. The van der Waals surface area contributed by atoms with Crippen LogP contribution in [0.3, 0.4) is 0 Å². The molecule has 0 aliphatic rings. The smallest absolute Gasteiger partial charge is 0.142 e. The molecule has 0 bridgehead atoms. The van der Waals surface area contributed by atoms with Crippen molar-refractivity contribution < 1.29 is 0 Å². The number of aromatic nitrogens is 3. The van der Waals surface area contributed by atoms with E-state index in [4.69, 9.17) is 4.98 Å². The monoisotopic (exact) mass is 307 g/mol. The minimum absolute atomic E-state index is 1.02. The summed E-state index contributed by atoms with van der Waals surface area (Å²) >= 11 is 0. The van der Waals surface area contributed by atoms with Gasteiger partial charge in [-0.1, -0.05) is 51.2 Å². The van der Waals surface area contributed by atoms with Crippen LogP contribution in [0.1, 0.15) is 45.4 Å². The molecule has 0 unspecified atom stereocenters. The summed E-state index contributed by atoms with van der Waals surface area (Å²) in [5, 5.41) is 0. The van der Waals surface area contributed by atoms with E-state index in [1.807, 2.05) is 18.5 Å². The zero-order chi connectivity index (χ0) is 15.9. The summed E-state index contributed by atoms with van der Waals surface area (Å²) in [6, 6.07) is 12.5. The largest absolute Gasteiger partial charge is 0.324 e. The van der Waals surface area contributed by atoms with E-state index in [0.717, 1.165) is 23.4 Å². The molecule has 120 valence electrons. The number of para-hydroxylation sites is 2. The highest BCUT2D eigenvalue weighted by molar-refractivity contribution is 5.80. The first-order valence-corrected chi connectivity index (χ1v) is 8.76. The van der Waals surface area contributed by atoms with Crippen LogP contribution in [0.15, 0.2) is 48.8 Å². The summed E-state index contributed by atoms with van der Waals surface area (Å²) in [5.74, 6) is 1.04. The van der Waals surface area contributed by atoms with Gasteiger partial charge in [-0.25, -0.2) is 4.98 Å². The highest BCUT2D eigenvalue weighted by Gasteiger charge is 2.11. The normalized spacial score (nSPS) is 11.2. The summed E-state index contributed by atoms with van der Waals surface area (Å²) < 4.78 is 2.35. The second-order valence-corrected chi connectivity index (χ2v) is 6.09. The fourth-order valence-corrected chi connectivity index (χ4v) is 3.07. The molecule has 23 heavy (non-hydrogen) atoms. The Kier molecular flexibility index (Phi) is 5.41. The number of rotatable bonds is 8. The van der Waals surface area contributed by atoms with Gasteiger partial charge in [0, 0.05) is 24.5 Å². The first-order valence-electron chi connectivity index (χ1n) is 8.76. The van der Waals surface area contributed by atoms with E-state index in [1.165, 1.54) is 44.0 Å². The van der Waals surface area contributed by atoms with Gasteiger partial charge in [-0.3, -0.25) is 4.98 Å². The van der Waals surface area contributed by atoms with Crippen LogP contribution in [0, 0.1) is 0 Å². The predicted octanol–water partition coefficient (Wildman–Crippen LogP) is 5.46. The number of aryl methyl sites for hydroxylation is 1. The van der Waals surface area contributed by atoms with E-state index < -0.39 is 0 Å². The van der Waals surface area contributed by atoms with Gasteiger partial charge < -0.3 is 4.57 Å². The van der Waals surface area contributed by atoms with Crippen LogP contribution in [0.5, 0.6) is 0 Å². The quantitative estimate of drug-likeness (QED) is 0.517. The molecule has 3 aromatic rings. The van der Waals surface area contributed by atoms with Gasteiger partial charge >= 0.3 is 0 Å². The molecule has 0 saturated heterocycles. The molecule has 3 heteroatoms. The number of benzene rings is 1. The second kappa shape index (κ2) is 7.91. The van der Waals surface area contributed by atoms with Crippen molar-refractivity contribution in [3.05, 3.63) is 48.8 Å². The molecular formula is C20H25N3. The van der Waals surface area contributed by atoms with Crippen molar-refractivity contribution in [2.75, 3.05) is 0 Å². The van der Waals surface area contributed by atoms with Crippen LogP contribution in [0.4, 0.5) is 0 Å². The van der Waals surface area contributed by atoms with Crippen molar-refractivity contribution in [1.29, 1.82) is 0 Å². The van der Waals surface area contributed by atoms with Crippen LogP contribution in [0.2, 0.25) is 0 Å². The third kappa shape index (κ3) is 3.79. The molecule has 0 atom stereocenters. The fourth-order valence-electron chi connectivity index (χ4n) is 3.07. The number of fused-ring (bicyclic) bond motifs is 1. The van der Waals surface area contributed by atoms with Gasteiger partial charge in [0.15, 0.2) is 0 Å². The molecular weight excluding hydrogens is 282 g/mol. The van der Waals surface area contributed by atoms with Crippen molar-refractivity contribution in [2.24, 2.45) is 0 Å². The third-order valence-corrected chi connectivity index (χ3v) is 4.31. The van der Waals surface area contributed by atoms with Gasteiger partial charge in [-0.2, -0.15) is 0 Å². The van der Waals surface area contributed by atoms with E-state index in [-0.39, 0.29) is 0 Å². The Morgan fingerprint density at radius 1 is 0.913 bits per heavy atom. The van der Waals surface area contributed by atoms with Crippen LogP contribution in [-0.2, 0) is 6.54 Å². The number of hydrogen-bond acceptors (Lipinski definition) is 2. The van der Waals surface area contributed by atoms with Crippen molar-refractivity contribution in [1.82, 2.24) is 14.5 Å². The number of pyridine rings is 1. The van der Waals surface area contributed by atoms with Gasteiger partial charge in [-0.15, -0.1) is 0 Å². The number of unbranched alkanes of at least 4 members (excludes halogenated alkanes) is 5. The lowest BCUT2D eigenvalue weighted by atomic mass is 10.1. The molecule has 0 N–H and O–H groups in total. The molecule has 3 rings (SSSR count). The maximum absolute atomic E-state index is 4.83. The third-order valence-electron chi connectivity index (χ3n) is 4.31. The minimum atomic E-state index is 1.02. The zero-order valence-corrected chi connectivity index (χ0v) is 13.9. The number of hydrogen-bond donors (Lipinski definition) is 0. The molecule has 0 amide bonds. The Bertz CT molecular complexity index is 731. The summed E-state index contributed by atoms with van der Waals surface area (Å²) in [5.41, 5.74) is 3.38. The van der Waals surface area contributed by atoms with Gasteiger partial charge in [0.05, 0.1) is 11.0 Å². The number of imidazole rings is 1. The molecule has 0 aliphatic carbocycles. The average molecular weight is 307 g/mol. The molecule has 3 nitrogen and oxygen atoms in total. The summed E-state index contributed by atoms with van der Waals surface area (Å²) in [6.07, 6.45) is 11.6. The summed E-state index contributed by atoms with van der Waals surface area (Å²) in [7, 11) is 0. The molecule has 2 heterocycles. The van der Waals surface area contributed by atoms with E-state index in [1.54, 1.807) is 0 Å². The van der Waals surface area contributed by atoms with Crippen molar-refractivity contribution in [3.63, 3.8) is 0 Å². The molecule has 0 radical (unpaired) electrons. The van der Waals surface area contributed by atoms with Crippen molar-refractivity contribution in [3.8, 4) is 11.4 Å². The van der Waals surface area contributed by atoms with Crippen LogP contribution in [0.25, 0.3) is 22.4 Å². The molecule has 0 saturated carbocycles.